The Labute approximate surface area is 182 Å². The fraction of sp³-hybridized carbons (Fsp3) is 0.417. The lowest BCUT2D eigenvalue weighted by Crippen LogP contribution is -2.53. The normalized spacial score (nSPS) is 22.5. The van der Waals surface area contributed by atoms with Crippen LogP contribution in [0.15, 0.2) is 36.4 Å². The molecule has 2 atom stereocenters. The van der Waals surface area contributed by atoms with Crippen LogP contribution in [0.25, 0.3) is 11.1 Å². The van der Waals surface area contributed by atoms with Crippen LogP contribution in [0, 0.1) is 0 Å². The van der Waals surface area contributed by atoms with E-state index in [1.807, 2.05) is 42.1 Å². The van der Waals surface area contributed by atoms with Crippen molar-refractivity contribution < 1.29 is 14.3 Å². The zero-order valence-corrected chi connectivity index (χ0v) is 18.2. The zero-order chi connectivity index (χ0) is 21.7. The molecule has 0 bridgehead atoms. The molecular formula is C24H28N4O3. The molecular weight excluding hydrogens is 392 g/mol. The molecule has 1 fully saturated rings. The minimum Gasteiger partial charge on any atom is -0.368 e. The molecule has 0 aliphatic carbocycles. The Morgan fingerprint density at radius 3 is 2.52 bits per heavy atom. The average Bonchev–Trinajstić information content (AvgIpc) is 3.42. The number of hydrogen-bond donors (Lipinski definition) is 1. The highest BCUT2D eigenvalue weighted by molar-refractivity contribution is 6.06. The predicted octanol–water partition coefficient (Wildman–Crippen LogP) is 3.08. The molecule has 162 valence electrons. The summed E-state index contributed by atoms with van der Waals surface area (Å²) in [5, 5.41) is 2.03. The second-order valence-corrected chi connectivity index (χ2v) is 8.63. The molecule has 0 spiro atoms. The van der Waals surface area contributed by atoms with E-state index in [-0.39, 0.29) is 17.9 Å². The average molecular weight is 421 g/mol. The van der Waals surface area contributed by atoms with Gasteiger partial charge in [-0.3, -0.25) is 9.59 Å². The number of carbonyl (C=O) groups excluding carboxylic acids is 2. The van der Waals surface area contributed by atoms with Crippen LogP contribution in [0.1, 0.15) is 32.3 Å². The first-order chi connectivity index (χ1) is 14.9. The fourth-order valence-corrected chi connectivity index (χ4v) is 4.93. The van der Waals surface area contributed by atoms with Crippen molar-refractivity contribution in [2.75, 3.05) is 35.0 Å². The fourth-order valence-electron chi connectivity index (χ4n) is 4.93. The van der Waals surface area contributed by atoms with Gasteiger partial charge in [-0.25, -0.2) is 5.43 Å². The van der Waals surface area contributed by atoms with Crippen molar-refractivity contribution in [1.82, 2.24) is 5.43 Å². The van der Waals surface area contributed by atoms with Crippen molar-refractivity contribution >= 4 is 28.9 Å². The second kappa shape index (κ2) is 7.66. The molecule has 2 aromatic rings. The monoisotopic (exact) mass is 420 g/mol. The van der Waals surface area contributed by atoms with Crippen molar-refractivity contribution in [2.24, 2.45) is 0 Å². The molecule has 2 amide bonds. The molecule has 7 heteroatoms. The van der Waals surface area contributed by atoms with E-state index >= 15 is 0 Å². The number of anilines is 3. The van der Waals surface area contributed by atoms with Gasteiger partial charge in [0.25, 0.3) is 5.91 Å². The standard InChI is InChI=1S/C24H28N4O3/c1-15-14-27(24(30)23-5-4-10-31-23)22-12-18(8-9-20(22)28(15)16(2)29)17-6-7-19-13-25-26(3)21(19)11-17/h6-9,11-12,15,23,25H,4-5,10,13-14H2,1-3H3/t15-,23?/m0/s1. The lowest BCUT2D eigenvalue weighted by molar-refractivity contribution is -0.127. The molecule has 5 rings (SSSR count). The Balaban J connectivity index is 1.58. The van der Waals surface area contributed by atoms with Gasteiger partial charge in [-0.1, -0.05) is 18.2 Å². The summed E-state index contributed by atoms with van der Waals surface area (Å²) >= 11 is 0. The first-order valence-electron chi connectivity index (χ1n) is 10.9. The maximum Gasteiger partial charge on any atom is 0.256 e. The third kappa shape index (κ3) is 3.38. The Morgan fingerprint density at radius 1 is 1.06 bits per heavy atom. The quantitative estimate of drug-likeness (QED) is 0.809. The summed E-state index contributed by atoms with van der Waals surface area (Å²) in [6.07, 6.45) is 1.26. The highest BCUT2D eigenvalue weighted by Crippen LogP contribution is 2.40. The van der Waals surface area contributed by atoms with Gasteiger partial charge < -0.3 is 19.5 Å². The van der Waals surface area contributed by atoms with Gasteiger partial charge in [0.15, 0.2) is 0 Å². The van der Waals surface area contributed by atoms with Gasteiger partial charge in [0.2, 0.25) is 5.91 Å². The van der Waals surface area contributed by atoms with Gasteiger partial charge in [0.1, 0.15) is 6.10 Å². The molecule has 3 aliphatic heterocycles. The minimum atomic E-state index is -0.396. The zero-order valence-electron chi connectivity index (χ0n) is 18.2. The van der Waals surface area contributed by atoms with Gasteiger partial charge in [-0.05, 0) is 54.7 Å². The van der Waals surface area contributed by atoms with E-state index in [0.717, 1.165) is 47.6 Å². The molecule has 3 aliphatic rings. The van der Waals surface area contributed by atoms with Crippen LogP contribution < -0.4 is 20.2 Å². The summed E-state index contributed by atoms with van der Waals surface area (Å²) in [6, 6.07) is 12.4. The summed E-state index contributed by atoms with van der Waals surface area (Å²) in [6.45, 7) is 5.48. The van der Waals surface area contributed by atoms with E-state index in [1.165, 1.54) is 5.56 Å². The van der Waals surface area contributed by atoms with E-state index in [4.69, 9.17) is 4.74 Å². The van der Waals surface area contributed by atoms with Crippen molar-refractivity contribution in [2.45, 2.75) is 45.4 Å². The number of carbonyl (C=O) groups is 2. The van der Waals surface area contributed by atoms with Gasteiger partial charge >= 0.3 is 0 Å². The summed E-state index contributed by atoms with van der Waals surface area (Å²) in [5.41, 5.74) is 9.38. The topological polar surface area (TPSA) is 65.1 Å². The number of ether oxygens (including phenoxy) is 1. The summed E-state index contributed by atoms with van der Waals surface area (Å²) in [5.74, 6) is -0.0280. The van der Waals surface area contributed by atoms with Crippen LogP contribution in [0.3, 0.4) is 0 Å². The summed E-state index contributed by atoms with van der Waals surface area (Å²) in [4.78, 5) is 29.3. The van der Waals surface area contributed by atoms with Crippen molar-refractivity contribution in [3.8, 4) is 11.1 Å². The molecule has 3 heterocycles. The number of hydrazine groups is 1. The second-order valence-electron chi connectivity index (χ2n) is 8.63. The Kier molecular flexibility index (Phi) is 4.95. The van der Waals surface area contributed by atoms with Crippen LogP contribution in [0.4, 0.5) is 17.1 Å². The van der Waals surface area contributed by atoms with Crippen LogP contribution in [-0.2, 0) is 20.9 Å². The number of amides is 2. The van der Waals surface area contributed by atoms with Crippen LogP contribution in [0.2, 0.25) is 0 Å². The molecule has 0 radical (unpaired) electrons. The number of fused-ring (bicyclic) bond motifs is 2. The first-order valence-corrected chi connectivity index (χ1v) is 10.9. The molecule has 31 heavy (non-hydrogen) atoms. The lowest BCUT2D eigenvalue weighted by atomic mass is 9.98. The van der Waals surface area contributed by atoms with Gasteiger partial charge in [0.05, 0.1) is 23.1 Å². The number of nitrogens with zero attached hydrogens (tertiary/aromatic N) is 3. The Bertz CT molecular complexity index is 1050. The maximum atomic E-state index is 13.3. The molecule has 1 saturated heterocycles. The number of benzene rings is 2. The predicted molar refractivity (Wildman–Crippen MR) is 121 cm³/mol. The molecule has 0 aromatic heterocycles. The van der Waals surface area contributed by atoms with E-state index < -0.39 is 6.10 Å². The summed E-state index contributed by atoms with van der Waals surface area (Å²) in [7, 11) is 2.01. The lowest BCUT2D eigenvalue weighted by Gasteiger charge is -2.41. The van der Waals surface area contributed by atoms with E-state index in [2.05, 4.69) is 23.6 Å². The third-order valence-electron chi connectivity index (χ3n) is 6.51. The van der Waals surface area contributed by atoms with E-state index in [1.54, 1.807) is 11.8 Å². The Hall–Kier alpha value is -2.90. The minimum absolute atomic E-state index is 0.0103. The number of nitrogens with one attached hydrogen (secondary N) is 1. The van der Waals surface area contributed by atoms with Crippen molar-refractivity contribution in [3.05, 3.63) is 42.0 Å². The Morgan fingerprint density at radius 2 is 1.81 bits per heavy atom. The largest absolute Gasteiger partial charge is 0.368 e. The van der Waals surface area contributed by atoms with Gasteiger partial charge in [0, 0.05) is 33.7 Å². The highest BCUT2D eigenvalue weighted by atomic mass is 16.5. The van der Waals surface area contributed by atoms with E-state index in [9.17, 15) is 9.59 Å². The first kappa shape index (κ1) is 20.0. The van der Waals surface area contributed by atoms with Crippen molar-refractivity contribution in [3.63, 3.8) is 0 Å². The maximum absolute atomic E-state index is 13.3. The molecule has 0 saturated carbocycles. The third-order valence-corrected chi connectivity index (χ3v) is 6.51. The molecule has 2 aromatic carbocycles. The van der Waals surface area contributed by atoms with Gasteiger partial charge in [-0.2, -0.15) is 0 Å². The number of hydrogen-bond acceptors (Lipinski definition) is 5. The highest BCUT2D eigenvalue weighted by Gasteiger charge is 2.37. The molecule has 7 nitrogen and oxygen atoms in total. The van der Waals surface area contributed by atoms with E-state index in [0.29, 0.717) is 13.2 Å². The number of rotatable bonds is 2. The summed E-state index contributed by atoms with van der Waals surface area (Å²) < 4.78 is 5.69. The van der Waals surface area contributed by atoms with Crippen LogP contribution in [0.5, 0.6) is 0 Å². The van der Waals surface area contributed by atoms with Crippen LogP contribution >= 0.6 is 0 Å². The smallest absolute Gasteiger partial charge is 0.256 e. The van der Waals surface area contributed by atoms with Crippen LogP contribution in [-0.4, -0.2) is 44.2 Å². The SMILES string of the molecule is CC(=O)N1c2ccc(-c3ccc4c(c3)N(C)NC4)cc2N(C(=O)C2CCCO2)C[C@@H]1C. The molecule has 1 N–H and O–H groups in total. The van der Waals surface area contributed by atoms with Crippen molar-refractivity contribution in [1.29, 1.82) is 0 Å². The molecule has 1 unspecified atom stereocenters. The van der Waals surface area contributed by atoms with Gasteiger partial charge in [-0.15, -0.1) is 0 Å².